The highest BCUT2D eigenvalue weighted by atomic mass is 35.5. The zero-order valence-electron chi connectivity index (χ0n) is 20.4. The second-order valence-corrected chi connectivity index (χ2v) is 10.3. The maximum Gasteiger partial charge on any atom is 0.296 e. The maximum atomic E-state index is 13.9. The number of fused-ring (bicyclic) bond motifs is 2. The molecule has 1 amide bonds. The summed E-state index contributed by atoms with van der Waals surface area (Å²) in [6.07, 6.45) is 0.833. The van der Waals surface area contributed by atoms with E-state index in [1.807, 2.05) is 31.2 Å². The van der Waals surface area contributed by atoms with Gasteiger partial charge in [-0.05, 0) is 47.9 Å². The van der Waals surface area contributed by atoms with Crippen LogP contribution in [0.2, 0.25) is 5.02 Å². The molecule has 0 saturated carbocycles. The Balaban J connectivity index is 1.50. The lowest BCUT2D eigenvalue weighted by Gasteiger charge is -2.24. The van der Waals surface area contributed by atoms with E-state index in [0.717, 1.165) is 16.7 Å². The van der Waals surface area contributed by atoms with Crippen molar-refractivity contribution >= 4 is 60.9 Å². The number of aryl methyl sites for hydroxylation is 1. The van der Waals surface area contributed by atoms with Crippen molar-refractivity contribution < 1.29 is 23.8 Å². The van der Waals surface area contributed by atoms with Crippen molar-refractivity contribution in [2.75, 3.05) is 12.0 Å². The summed E-state index contributed by atoms with van der Waals surface area (Å²) in [6.45, 7) is 2.04. The molecule has 1 unspecified atom stereocenters. The lowest BCUT2D eigenvalue weighted by atomic mass is 9.94. The predicted octanol–water partition coefficient (Wildman–Crippen LogP) is 7.05. The van der Waals surface area contributed by atoms with Crippen LogP contribution in [0.15, 0.2) is 82.5 Å². The maximum absolute atomic E-state index is 13.9. The van der Waals surface area contributed by atoms with Gasteiger partial charge in [0.2, 0.25) is 5.78 Å². The van der Waals surface area contributed by atoms with Crippen molar-refractivity contribution in [3.05, 3.63) is 100.0 Å². The number of aromatic nitrogens is 1. The molecule has 9 heteroatoms. The van der Waals surface area contributed by atoms with E-state index in [4.69, 9.17) is 20.8 Å². The topological polar surface area (TPSA) is 92.9 Å². The van der Waals surface area contributed by atoms with Gasteiger partial charge in [0.1, 0.15) is 0 Å². The third-order valence-corrected chi connectivity index (χ3v) is 7.91. The smallest absolute Gasteiger partial charge is 0.296 e. The summed E-state index contributed by atoms with van der Waals surface area (Å²) in [6, 6.07) is 18.9. The molecule has 5 aromatic rings. The van der Waals surface area contributed by atoms with Gasteiger partial charge in [0.25, 0.3) is 5.91 Å². The molecule has 1 aliphatic rings. The molecule has 3 aromatic carbocycles. The summed E-state index contributed by atoms with van der Waals surface area (Å²) in [5, 5.41) is 12.7. The normalized spacial score (nSPS) is 15.7. The van der Waals surface area contributed by atoms with Crippen molar-refractivity contribution in [1.82, 2.24) is 4.98 Å². The number of benzene rings is 3. The number of Topliss-reactive ketones (excluding diaryl/α,β-unsaturated/α-hetero) is 1. The summed E-state index contributed by atoms with van der Waals surface area (Å²) in [7, 11) is 1.52. The number of anilines is 1. The van der Waals surface area contributed by atoms with Gasteiger partial charge in [0.15, 0.2) is 28.0 Å². The molecular weight excluding hydrogens is 524 g/mol. The van der Waals surface area contributed by atoms with Gasteiger partial charge in [-0.25, -0.2) is 4.98 Å². The Morgan fingerprint density at radius 2 is 1.95 bits per heavy atom. The van der Waals surface area contributed by atoms with E-state index in [0.29, 0.717) is 38.0 Å². The number of aliphatic hydroxyl groups excluding tert-OH is 1. The number of hydrogen-bond acceptors (Lipinski definition) is 7. The first-order valence-corrected chi connectivity index (χ1v) is 13.1. The Morgan fingerprint density at radius 3 is 2.68 bits per heavy atom. The van der Waals surface area contributed by atoms with E-state index < -0.39 is 23.5 Å². The number of carbonyl (C=O) groups is 2. The molecule has 190 valence electrons. The predicted molar refractivity (Wildman–Crippen MR) is 147 cm³/mol. The van der Waals surface area contributed by atoms with E-state index in [1.165, 1.54) is 23.3 Å². The first kappa shape index (κ1) is 24.2. The van der Waals surface area contributed by atoms with Crippen molar-refractivity contribution in [2.45, 2.75) is 19.4 Å². The minimum absolute atomic E-state index is 0.00744. The highest BCUT2D eigenvalue weighted by Crippen LogP contribution is 2.45. The number of ether oxygens (including phenoxy) is 1. The molecular formula is C29H21ClN2O5S. The second-order valence-electron chi connectivity index (χ2n) is 8.86. The van der Waals surface area contributed by atoms with Crippen molar-refractivity contribution in [3.63, 3.8) is 0 Å². The van der Waals surface area contributed by atoms with E-state index in [-0.39, 0.29) is 11.3 Å². The van der Waals surface area contributed by atoms with Crippen LogP contribution in [0.1, 0.15) is 34.6 Å². The lowest BCUT2D eigenvalue weighted by molar-refractivity contribution is -0.117. The van der Waals surface area contributed by atoms with Gasteiger partial charge in [-0.2, -0.15) is 0 Å². The van der Waals surface area contributed by atoms with Gasteiger partial charge in [-0.3, -0.25) is 14.5 Å². The minimum atomic E-state index is -0.910. The van der Waals surface area contributed by atoms with Gasteiger partial charge in [-0.1, -0.05) is 66.3 Å². The number of halogens is 1. The molecule has 0 saturated heterocycles. The third kappa shape index (κ3) is 3.84. The molecule has 1 atom stereocenters. The fourth-order valence-electron chi connectivity index (χ4n) is 4.72. The first-order valence-electron chi connectivity index (χ1n) is 11.9. The average Bonchev–Trinajstić information content (AvgIpc) is 3.62. The Labute approximate surface area is 226 Å². The van der Waals surface area contributed by atoms with Crippen molar-refractivity contribution in [2.24, 2.45) is 0 Å². The van der Waals surface area contributed by atoms with Gasteiger partial charge in [-0.15, -0.1) is 0 Å². The SMILES string of the molecule is CCc1ccc(C2C(C(=O)c3cc4cccc(OC)c4o3)=C(O)C(=O)N2c2nc3ccc(Cl)cc3s2)cc1. The molecule has 6 rings (SSSR count). The molecule has 0 radical (unpaired) electrons. The number of aliphatic hydroxyl groups is 1. The van der Waals surface area contributed by atoms with Crippen LogP contribution in [0.25, 0.3) is 21.2 Å². The Bertz CT molecular complexity index is 1770. The number of rotatable bonds is 6. The van der Waals surface area contributed by atoms with E-state index >= 15 is 0 Å². The molecule has 1 aliphatic heterocycles. The first-order chi connectivity index (χ1) is 18.4. The third-order valence-electron chi connectivity index (χ3n) is 6.65. The van der Waals surface area contributed by atoms with E-state index in [9.17, 15) is 14.7 Å². The monoisotopic (exact) mass is 544 g/mol. The molecule has 2 aromatic heterocycles. The van der Waals surface area contributed by atoms with Crippen LogP contribution in [0.4, 0.5) is 5.13 Å². The molecule has 1 N–H and O–H groups in total. The number of para-hydroxylation sites is 1. The van der Waals surface area contributed by atoms with Gasteiger partial charge >= 0.3 is 0 Å². The van der Waals surface area contributed by atoms with Crippen LogP contribution in [-0.4, -0.2) is 28.9 Å². The zero-order chi connectivity index (χ0) is 26.6. The van der Waals surface area contributed by atoms with E-state index in [1.54, 1.807) is 42.5 Å². The zero-order valence-corrected chi connectivity index (χ0v) is 22.0. The molecule has 0 aliphatic carbocycles. The van der Waals surface area contributed by atoms with Crippen LogP contribution in [0.5, 0.6) is 5.75 Å². The van der Waals surface area contributed by atoms with Gasteiger partial charge in [0, 0.05) is 10.4 Å². The molecule has 7 nitrogen and oxygen atoms in total. The van der Waals surface area contributed by atoms with Crippen molar-refractivity contribution in [1.29, 1.82) is 0 Å². The second kappa shape index (κ2) is 9.31. The Morgan fingerprint density at radius 1 is 1.16 bits per heavy atom. The Kier molecular flexibility index (Phi) is 5.93. The molecule has 0 spiro atoms. The highest BCUT2D eigenvalue weighted by molar-refractivity contribution is 7.22. The van der Waals surface area contributed by atoms with Gasteiger partial charge < -0.3 is 14.3 Å². The van der Waals surface area contributed by atoms with Crippen LogP contribution < -0.4 is 9.64 Å². The fourth-order valence-corrected chi connectivity index (χ4v) is 5.98. The number of nitrogens with zero attached hydrogens (tertiary/aromatic N) is 2. The van der Waals surface area contributed by atoms with Gasteiger partial charge in [0.05, 0.1) is 28.9 Å². The van der Waals surface area contributed by atoms with Crippen LogP contribution in [0, 0.1) is 0 Å². The number of methoxy groups -OCH3 is 1. The van der Waals surface area contributed by atoms with Crippen LogP contribution in [0.3, 0.4) is 0 Å². The van der Waals surface area contributed by atoms with Crippen molar-refractivity contribution in [3.8, 4) is 5.75 Å². The minimum Gasteiger partial charge on any atom is -0.503 e. The summed E-state index contributed by atoms with van der Waals surface area (Å²) >= 11 is 7.43. The number of carbonyl (C=O) groups excluding carboxylic acids is 2. The standard InChI is InChI=1S/C29H21ClN2O5S/c1-3-15-7-9-16(10-8-15)24-23(25(33)21-13-17-5-4-6-20(36-2)27(17)37-21)26(34)28(35)32(24)29-31-19-12-11-18(30)14-22(19)38-29/h4-14,24,34H,3H2,1-2H3. The summed E-state index contributed by atoms with van der Waals surface area (Å²) < 4.78 is 12.0. The largest absolute Gasteiger partial charge is 0.503 e. The average molecular weight is 545 g/mol. The molecule has 0 fully saturated rings. The molecule has 3 heterocycles. The number of thiazole rings is 1. The summed E-state index contributed by atoms with van der Waals surface area (Å²) in [5.41, 5.74) is 2.76. The number of amides is 1. The summed E-state index contributed by atoms with van der Waals surface area (Å²) in [5.74, 6) is -1.47. The quantitative estimate of drug-likeness (QED) is 0.230. The molecule has 38 heavy (non-hydrogen) atoms. The number of hydrogen-bond donors (Lipinski definition) is 1. The highest BCUT2D eigenvalue weighted by Gasteiger charge is 2.46. The summed E-state index contributed by atoms with van der Waals surface area (Å²) in [4.78, 5) is 33.4. The molecule has 0 bridgehead atoms. The Hall–Kier alpha value is -4.14. The van der Waals surface area contributed by atoms with Crippen LogP contribution >= 0.6 is 22.9 Å². The number of furan rings is 1. The van der Waals surface area contributed by atoms with E-state index in [2.05, 4.69) is 4.98 Å². The fraction of sp³-hybridized carbons (Fsp3) is 0.138. The number of ketones is 1. The van der Waals surface area contributed by atoms with Crippen LogP contribution in [-0.2, 0) is 11.2 Å². The lowest BCUT2D eigenvalue weighted by Crippen LogP contribution is -2.31.